The van der Waals surface area contributed by atoms with Crippen molar-refractivity contribution in [1.29, 1.82) is 0 Å². The first-order valence-electron chi connectivity index (χ1n) is 6.86. The number of amides is 2. The second-order valence-corrected chi connectivity index (χ2v) is 6.68. The lowest BCUT2D eigenvalue weighted by atomic mass is 10.2. The Morgan fingerprint density at radius 2 is 1.95 bits per heavy atom. The summed E-state index contributed by atoms with van der Waals surface area (Å²) in [5, 5.41) is 5.24. The summed E-state index contributed by atoms with van der Waals surface area (Å²) in [5.41, 5.74) is 0.941. The monoisotopic (exact) mass is 327 g/mol. The average molecular weight is 327 g/mol. The summed E-state index contributed by atoms with van der Waals surface area (Å²) in [6.07, 6.45) is 1.44. The molecule has 2 amide bonds. The fourth-order valence-corrected chi connectivity index (χ4v) is 2.77. The first-order chi connectivity index (χ1) is 10.2. The summed E-state index contributed by atoms with van der Waals surface area (Å²) in [4.78, 5) is 22.3. The van der Waals surface area contributed by atoms with Gasteiger partial charge in [0, 0.05) is 25.6 Å². The Balaban J connectivity index is 2.93. The van der Waals surface area contributed by atoms with Gasteiger partial charge in [-0.1, -0.05) is 13.0 Å². The van der Waals surface area contributed by atoms with Crippen molar-refractivity contribution in [2.45, 2.75) is 20.3 Å². The van der Waals surface area contributed by atoms with E-state index >= 15 is 0 Å². The third-order valence-corrected chi connectivity index (χ3v) is 4.01. The predicted molar refractivity (Wildman–Crippen MR) is 86.2 cm³/mol. The third-order valence-electron chi connectivity index (χ3n) is 2.81. The third kappa shape index (κ3) is 5.72. The van der Waals surface area contributed by atoms with E-state index in [1.165, 1.54) is 11.2 Å². The minimum absolute atomic E-state index is 0.119. The van der Waals surface area contributed by atoms with E-state index in [1.807, 2.05) is 0 Å². The highest BCUT2D eigenvalue weighted by Gasteiger charge is 2.17. The first-order valence-corrected chi connectivity index (χ1v) is 8.71. The van der Waals surface area contributed by atoms with Crippen molar-refractivity contribution in [2.24, 2.45) is 0 Å². The van der Waals surface area contributed by atoms with E-state index < -0.39 is 10.0 Å². The number of rotatable bonds is 7. The van der Waals surface area contributed by atoms with Crippen LogP contribution >= 0.6 is 0 Å². The van der Waals surface area contributed by atoms with Gasteiger partial charge >= 0.3 is 0 Å². The van der Waals surface area contributed by atoms with Crippen molar-refractivity contribution in [3.8, 4) is 0 Å². The highest BCUT2D eigenvalue weighted by Crippen LogP contribution is 2.21. The summed E-state index contributed by atoms with van der Waals surface area (Å²) in [6.45, 7) is 3.43. The zero-order valence-corrected chi connectivity index (χ0v) is 13.7. The molecule has 0 aliphatic carbocycles. The molecule has 1 aromatic carbocycles. The zero-order chi connectivity index (χ0) is 16.8. The van der Waals surface area contributed by atoms with Gasteiger partial charge in [-0.15, -0.1) is 0 Å². The lowest BCUT2D eigenvalue weighted by Gasteiger charge is -2.23. The van der Waals surface area contributed by atoms with Crippen LogP contribution in [0.15, 0.2) is 24.3 Å². The predicted octanol–water partition coefficient (Wildman–Crippen LogP) is 0.937. The molecule has 1 aromatic rings. The molecule has 0 aliphatic heterocycles. The lowest BCUT2D eigenvalue weighted by Crippen LogP contribution is -2.38. The topological polar surface area (TPSA) is 95.6 Å². The van der Waals surface area contributed by atoms with Gasteiger partial charge in [-0.25, -0.2) is 8.42 Å². The van der Waals surface area contributed by atoms with Gasteiger partial charge < -0.3 is 10.6 Å². The van der Waals surface area contributed by atoms with Gasteiger partial charge in [0.1, 0.15) is 0 Å². The molecule has 0 aliphatic rings. The van der Waals surface area contributed by atoms with Crippen LogP contribution in [-0.4, -0.2) is 39.6 Å². The van der Waals surface area contributed by atoms with Gasteiger partial charge in [0.25, 0.3) is 0 Å². The quantitative estimate of drug-likeness (QED) is 0.779. The molecule has 2 N–H and O–H groups in total. The van der Waals surface area contributed by atoms with Crippen LogP contribution < -0.4 is 14.9 Å². The molecular formula is C14H21N3O4S. The summed E-state index contributed by atoms with van der Waals surface area (Å²) in [5.74, 6) is -0.376. The van der Waals surface area contributed by atoms with Crippen LogP contribution in [0.2, 0.25) is 0 Å². The molecular weight excluding hydrogens is 306 g/mol. The highest BCUT2D eigenvalue weighted by atomic mass is 32.2. The Bertz CT molecular complexity index is 643. The molecule has 0 heterocycles. The van der Waals surface area contributed by atoms with Crippen LogP contribution in [0, 0.1) is 0 Å². The maximum absolute atomic E-state index is 11.9. The van der Waals surface area contributed by atoms with Crippen LogP contribution in [0.3, 0.4) is 0 Å². The van der Waals surface area contributed by atoms with E-state index in [2.05, 4.69) is 10.6 Å². The van der Waals surface area contributed by atoms with Crippen LogP contribution in [0.4, 0.5) is 11.4 Å². The number of hydrogen-bond donors (Lipinski definition) is 2. The standard InChI is InChI=1S/C14H21N3O4S/c1-4-14(19)15-8-9-17(22(3,20)21)13-7-5-6-12(10-13)16-11(2)18/h5-7,10H,4,8-9H2,1-3H3,(H,15,19)(H,16,18). The molecule has 0 atom stereocenters. The van der Waals surface area contributed by atoms with Gasteiger partial charge in [-0.05, 0) is 18.2 Å². The van der Waals surface area contributed by atoms with E-state index in [-0.39, 0.29) is 24.9 Å². The maximum atomic E-state index is 11.9. The molecule has 0 saturated carbocycles. The number of nitrogens with zero attached hydrogens (tertiary/aromatic N) is 1. The Morgan fingerprint density at radius 1 is 1.27 bits per heavy atom. The molecule has 0 spiro atoms. The fourth-order valence-electron chi connectivity index (χ4n) is 1.85. The van der Waals surface area contributed by atoms with Crippen molar-refractivity contribution in [3.63, 3.8) is 0 Å². The molecule has 22 heavy (non-hydrogen) atoms. The molecule has 0 fully saturated rings. The second kappa shape index (κ2) is 7.79. The molecule has 0 unspecified atom stereocenters. The van der Waals surface area contributed by atoms with E-state index in [9.17, 15) is 18.0 Å². The number of sulfonamides is 1. The molecule has 0 saturated heterocycles. The zero-order valence-electron chi connectivity index (χ0n) is 12.9. The van der Waals surface area contributed by atoms with Gasteiger partial charge in [0.15, 0.2) is 0 Å². The Morgan fingerprint density at radius 3 is 2.50 bits per heavy atom. The molecule has 0 aromatic heterocycles. The summed E-state index contributed by atoms with van der Waals surface area (Å²) in [7, 11) is -3.50. The van der Waals surface area contributed by atoms with Gasteiger partial charge in [0.05, 0.1) is 18.5 Å². The fraction of sp³-hybridized carbons (Fsp3) is 0.429. The number of benzene rings is 1. The smallest absolute Gasteiger partial charge is 0.232 e. The second-order valence-electron chi connectivity index (χ2n) is 4.77. The van der Waals surface area contributed by atoms with Crippen LogP contribution in [-0.2, 0) is 19.6 Å². The number of carbonyl (C=O) groups excluding carboxylic acids is 2. The van der Waals surface area contributed by atoms with Crippen molar-refractivity contribution >= 4 is 33.2 Å². The van der Waals surface area contributed by atoms with Crippen molar-refractivity contribution in [3.05, 3.63) is 24.3 Å². The lowest BCUT2D eigenvalue weighted by molar-refractivity contribution is -0.120. The molecule has 1 rings (SSSR count). The van der Waals surface area contributed by atoms with Crippen molar-refractivity contribution < 1.29 is 18.0 Å². The normalized spacial score (nSPS) is 10.9. The highest BCUT2D eigenvalue weighted by molar-refractivity contribution is 7.92. The van der Waals surface area contributed by atoms with Crippen LogP contribution in [0.5, 0.6) is 0 Å². The van der Waals surface area contributed by atoms with E-state index in [1.54, 1.807) is 31.2 Å². The van der Waals surface area contributed by atoms with Gasteiger partial charge in [-0.3, -0.25) is 13.9 Å². The van der Waals surface area contributed by atoms with Gasteiger partial charge in [-0.2, -0.15) is 0 Å². The van der Waals surface area contributed by atoms with Crippen LogP contribution in [0.1, 0.15) is 20.3 Å². The number of carbonyl (C=O) groups is 2. The number of anilines is 2. The van der Waals surface area contributed by atoms with E-state index in [0.717, 1.165) is 6.26 Å². The number of hydrogen-bond acceptors (Lipinski definition) is 4. The summed E-state index contributed by atoms with van der Waals surface area (Å²) >= 11 is 0. The van der Waals surface area contributed by atoms with Crippen LogP contribution in [0.25, 0.3) is 0 Å². The minimum Gasteiger partial charge on any atom is -0.354 e. The molecule has 0 radical (unpaired) electrons. The van der Waals surface area contributed by atoms with Crippen molar-refractivity contribution in [1.82, 2.24) is 5.32 Å². The summed E-state index contributed by atoms with van der Waals surface area (Å²) < 4.78 is 25.1. The molecule has 0 bridgehead atoms. The van der Waals surface area contributed by atoms with Crippen molar-refractivity contribution in [2.75, 3.05) is 29.0 Å². The molecule has 122 valence electrons. The Labute approximate surface area is 130 Å². The van der Waals surface area contributed by atoms with E-state index in [0.29, 0.717) is 17.8 Å². The summed E-state index contributed by atoms with van der Waals surface area (Å²) in [6, 6.07) is 6.53. The van der Waals surface area contributed by atoms with Gasteiger partial charge in [0.2, 0.25) is 21.8 Å². The Kier molecular flexibility index (Phi) is 6.36. The molecule has 8 heteroatoms. The largest absolute Gasteiger partial charge is 0.354 e. The number of nitrogens with one attached hydrogen (secondary N) is 2. The average Bonchev–Trinajstić information content (AvgIpc) is 2.41. The Hall–Kier alpha value is -2.09. The SMILES string of the molecule is CCC(=O)NCCN(c1cccc(NC(C)=O)c1)S(C)(=O)=O. The minimum atomic E-state index is -3.50. The first kappa shape index (κ1) is 18.0. The van der Waals surface area contributed by atoms with E-state index in [4.69, 9.17) is 0 Å². The maximum Gasteiger partial charge on any atom is 0.232 e. The molecule has 7 nitrogen and oxygen atoms in total.